The number of aliphatic hydroxyl groups excluding tert-OH is 1. The summed E-state index contributed by atoms with van der Waals surface area (Å²) in [4.78, 5) is 11.9. The van der Waals surface area contributed by atoms with Gasteiger partial charge in [-0.3, -0.25) is 4.79 Å². The summed E-state index contributed by atoms with van der Waals surface area (Å²) >= 11 is 0. The largest absolute Gasteiger partial charge is 0.391 e. The Bertz CT molecular complexity index is 403. The van der Waals surface area contributed by atoms with E-state index in [0.717, 1.165) is 24.8 Å². The van der Waals surface area contributed by atoms with Crippen LogP contribution < -0.4 is 5.32 Å². The Morgan fingerprint density at radius 2 is 2.29 bits per heavy atom. The summed E-state index contributed by atoms with van der Waals surface area (Å²) < 4.78 is 0. The Labute approximate surface area is 102 Å². The van der Waals surface area contributed by atoms with Crippen molar-refractivity contribution in [3.8, 4) is 0 Å². The lowest BCUT2D eigenvalue weighted by Crippen LogP contribution is -2.39. The number of aliphatic hydroxyl groups is 1. The van der Waals surface area contributed by atoms with Crippen LogP contribution in [0.4, 0.5) is 0 Å². The van der Waals surface area contributed by atoms with E-state index in [1.807, 2.05) is 25.1 Å². The van der Waals surface area contributed by atoms with Gasteiger partial charge in [-0.15, -0.1) is 0 Å². The molecule has 0 radical (unpaired) electrons. The Morgan fingerprint density at radius 3 is 3.00 bits per heavy atom. The van der Waals surface area contributed by atoms with Gasteiger partial charge < -0.3 is 10.4 Å². The molecule has 0 bridgehead atoms. The number of amides is 1. The Kier molecular flexibility index (Phi) is 3.79. The molecule has 1 amide bonds. The van der Waals surface area contributed by atoms with E-state index < -0.39 is 6.10 Å². The lowest BCUT2D eigenvalue weighted by molar-refractivity contribution is -0.123. The number of fused-ring (bicyclic) bond motifs is 1. The highest BCUT2D eigenvalue weighted by Crippen LogP contribution is 2.34. The molecule has 3 nitrogen and oxygen atoms in total. The maximum atomic E-state index is 11.9. The third-order valence-corrected chi connectivity index (χ3v) is 3.30. The summed E-state index contributed by atoms with van der Waals surface area (Å²) in [5.41, 5.74) is 2.40. The SMILES string of the molecule is CCCC(O)CNC(=O)C1Cc2ccccc21. The van der Waals surface area contributed by atoms with Crippen LogP contribution in [0.15, 0.2) is 24.3 Å². The van der Waals surface area contributed by atoms with Crippen molar-refractivity contribution in [3.05, 3.63) is 35.4 Å². The van der Waals surface area contributed by atoms with E-state index in [0.29, 0.717) is 6.54 Å². The quantitative estimate of drug-likeness (QED) is 0.811. The molecule has 2 N–H and O–H groups in total. The fourth-order valence-electron chi connectivity index (χ4n) is 2.27. The van der Waals surface area contributed by atoms with E-state index >= 15 is 0 Å². The van der Waals surface area contributed by atoms with Gasteiger partial charge in [-0.2, -0.15) is 0 Å². The molecule has 0 fully saturated rings. The minimum absolute atomic E-state index is 0.0139. The van der Waals surface area contributed by atoms with Crippen molar-refractivity contribution >= 4 is 5.91 Å². The highest BCUT2D eigenvalue weighted by Gasteiger charge is 2.31. The smallest absolute Gasteiger partial charge is 0.227 e. The topological polar surface area (TPSA) is 49.3 Å². The predicted molar refractivity (Wildman–Crippen MR) is 66.8 cm³/mol. The summed E-state index contributed by atoms with van der Waals surface area (Å²) in [6.45, 7) is 2.39. The lowest BCUT2D eigenvalue weighted by Gasteiger charge is -2.29. The van der Waals surface area contributed by atoms with Gasteiger partial charge in [-0.1, -0.05) is 37.6 Å². The fourth-order valence-corrected chi connectivity index (χ4v) is 2.27. The molecule has 1 aromatic carbocycles. The maximum absolute atomic E-state index is 11.9. The number of hydrogen-bond donors (Lipinski definition) is 2. The monoisotopic (exact) mass is 233 g/mol. The molecular weight excluding hydrogens is 214 g/mol. The number of benzene rings is 1. The second-order valence-electron chi connectivity index (χ2n) is 4.64. The first kappa shape index (κ1) is 12.1. The molecule has 1 aliphatic carbocycles. The van der Waals surface area contributed by atoms with Gasteiger partial charge in [-0.05, 0) is 24.0 Å². The van der Waals surface area contributed by atoms with Gasteiger partial charge in [0, 0.05) is 6.54 Å². The van der Waals surface area contributed by atoms with Crippen LogP contribution in [0.2, 0.25) is 0 Å². The Morgan fingerprint density at radius 1 is 1.53 bits per heavy atom. The first-order valence-corrected chi connectivity index (χ1v) is 6.26. The molecular formula is C14H19NO2. The van der Waals surface area contributed by atoms with Gasteiger partial charge in [0.25, 0.3) is 0 Å². The maximum Gasteiger partial charge on any atom is 0.227 e. The van der Waals surface area contributed by atoms with E-state index in [1.54, 1.807) is 0 Å². The third-order valence-electron chi connectivity index (χ3n) is 3.30. The first-order valence-electron chi connectivity index (χ1n) is 6.26. The first-order chi connectivity index (χ1) is 8.22. The van der Waals surface area contributed by atoms with Crippen LogP contribution in [0.3, 0.4) is 0 Å². The van der Waals surface area contributed by atoms with Crippen molar-refractivity contribution in [1.29, 1.82) is 0 Å². The minimum atomic E-state index is -0.417. The average Bonchev–Trinajstić information content (AvgIpc) is 2.28. The van der Waals surface area contributed by atoms with E-state index in [2.05, 4.69) is 11.4 Å². The normalized spacial score (nSPS) is 19.1. The molecule has 0 saturated carbocycles. The van der Waals surface area contributed by atoms with Crippen molar-refractivity contribution < 1.29 is 9.90 Å². The number of nitrogens with one attached hydrogen (secondary N) is 1. The molecule has 1 aromatic rings. The van der Waals surface area contributed by atoms with Crippen molar-refractivity contribution in [2.24, 2.45) is 0 Å². The average molecular weight is 233 g/mol. The second kappa shape index (κ2) is 5.32. The van der Waals surface area contributed by atoms with E-state index in [4.69, 9.17) is 0 Å². The highest BCUT2D eigenvalue weighted by atomic mass is 16.3. The standard InChI is InChI=1S/C14H19NO2/c1-2-5-11(16)9-15-14(17)13-8-10-6-3-4-7-12(10)13/h3-4,6-7,11,13,16H,2,5,8-9H2,1H3,(H,15,17). The van der Waals surface area contributed by atoms with Crippen molar-refractivity contribution in [1.82, 2.24) is 5.32 Å². The van der Waals surface area contributed by atoms with Crippen LogP contribution in [0.25, 0.3) is 0 Å². The third kappa shape index (κ3) is 2.67. The highest BCUT2D eigenvalue weighted by molar-refractivity contribution is 5.86. The molecule has 1 aliphatic rings. The van der Waals surface area contributed by atoms with Crippen LogP contribution in [0.1, 0.15) is 36.8 Å². The molecule has 3 heteroatoms. The number of hydrogen-bond acceptors (Lipinski definition) is 2. The molecule has 2 unspecified atom stereocenters. The molecule has 0 aromatic heterocycles. The van der Waals surface area contributed by atoms with Crippen molar-refractivity contribution in [2.75, 3.05) is 6.54 Å². The lowest BCUT2D eigenvalue weighted by atomic mass is 9.77. The molecule has 0 aliphatic heterocycles. The number of rotatable bonds is 5. The summed E-state index contributed by atoms with van der Waals surface area (Å²) in [5, 5.41) is 12.4. The number of carbonyl (C=O) groups is 1. The van der Waals surface area contributed by atoms with E-state index in [9.17, 15) is 9.90 Å². The van der Waals surface area contributed by atoms with Crippen LogP contribution >= 0.6 is 0 Å². The Balaban J connectivity index is 1.83. The molecule has 92 valence electrons. The van der Waals surface area contributed by atoms with Gasteiger partial charge in [0.05, 0.1) is 12.0 Å². The van der Waals surface area contributed by atoms with Crippen LogP contribution in [-0.4, -0.2) is 23.7 Å². The van der Waals surface area contributed by atoms with Gasteiger partial charge >= 0.3 is 0 Å². The van der Waals surface area contributed by atoms with Crippen molar-refractivity contribution in [2.45, 2.75) is 38.2 Å². The molecule has 0 saturated heterocycles. The fraction of sp³-hybridized carbons (Fsp3) is 0.500. The summed E-state index contributed by atoms with van der Waals surface area (Å²) in [5.74, 6) is 0.0267. The molecule has 17 heavy (non-hydrogen) atoms. The minimum Gasteiger partial charge on any atom is -0.391 e. The van der Waals surface area contributed by atoms with Crippen molar-refractivity contribution in [3.63, 3.8) is 0 Å². The molecule has 2 atom stereocenters. The van der Waals surface area contributed by atoms with Gasteiger partial charge in [0.15, 0.2) is 0 Å². The second-order valence-corrected chi connectivity index (χ2v) is 4.64. The van der Waals surface area contributed by atoms with Gasteiger partial charge in [0.1, 0.15) is 0 Å². The van der Waals surface area contributed by atoms with Gasteiger partial charge in [-0.25, -0.2) is 0 Å². The van der Waals surface area contributed by atoms with E-state index in [1.165, 1.54) is 5.56 Å². The van der Waals surface area contributed by atoms with Crippen LogP contribution in [0.5, 0.6) is 0 Å². The molecule has 2 rings (SSSR count). The van der Waals surface area contributed by atoms with Crippen LogP contribution in [0, 0.1) is 0 Å². The zero-order chi connectivity index (χ0) is 12.3. The predicted octanol–water partition coefficient (Wildman–Crippen LogP) is 1.60. The van der Waals surface area contributed by atoms with Crippen LogP contribution in [-0.2, 0) is 11.2 Å². The summed E-state index contributed by atoms with van der Waals surface area (Å²) in [7, 11) is 0. The zero-order valence-corrected chi connectivity index (χ0v) is 10.1. The number of carbonyl (C=O) groups excluding carboxylic acids is 1. The van der Waals surface area contributed by atoms with E-state index in [-0.39, 0.29) is 11.8 Å². The van der Waals surface area contributed by atoms with Gasteiger partial charge in [0.2, 0.25) is 5.91 Å². The zero-order valence-electron chi connectivity index (χ0n) is 10.1. The summed E-state index contributed by atoms with van der Waals surface area (Å²) in [6.07, 6.45) is 2.08. The molecule has 0 heterocycles. The molecule has 0 spiro atoms. The summed E-state index contributed by atoms with van der Waals surface area (Å²) in [6, 6.07) is 8.03. The Hall–Kier alpha value is -1.35.